The average Bonchev–Trinajstić information content (AvgIpc) is 2.24. The van der Waals surface area contributed by atoms with Gasteiger partial charge in [-0.1, -0.05) is 27.7 Å². The van der Waals surface area contributed by atoms with Gasteiger partial charge in [-0.3, -0.25) is 4.57 Å². The number of piperidine rings is 1. The Bertz CT molecular complexity index is 333. The smallest absolute Gasteiger partial charge is 0.277 e. The lowest BCUT2D eigenvalue weighted by molar-refractivity contribution is 0.157. The minimum atomic E-state index is -2.77. The third kappa shape index (κ3) is 4.58. The van der Waals surface area contributed by atoms with Gasteiger partial charge in [-0.25, -0.2) is 4.67 Å². The summed E-state index contributed by atoms with van der Waals surface area (Å²) in [4.78, 5) is 0. The standard InChI is InChI=1S/C15H32NO2P/c1-13-8-10-16(11-9-13)19(17,15(5,6)7)18-12-14(2,3)4/h13H,8-12H2,1-7H3. The van der Waals surface area contributed by atoms with E-state index in [2.05, 4.69) is 32.4 Å². The molecule has 4 heteroatoms. The van der Waals surface area contributed by atoms with Gasteiger partial charge in [0.1, 0.15) is 0 Å². The summed E-state index contributed by atoms with van der Waals surface area (Å²) >= 11 is 0. The first-order valence-corrected chi connectivity index (χ1v) is 9.03. The number of hydrogen-bond acceptors (Lipinski definition) is 2. The van der Waals surface area contributed by atoms with Crippen molar-refractivity contribution in [1.29, 1.82) is 0 Å². The molecule has 0 aliphatic carbocycles. The van der Waals surface area contributed by atoms with E-state index in [4.69, 9.17) is 4.52 Å². The van der Waals surface area contributed by atoms with Gasteiger partial charge in [0.25, 0.3) is 7.52 Å². The van der Waals surface area contributed by atoms with Gasteiger partial charge in [-0.05, 0) is 44.9 Å². The molecular weight excluding hydrogens is 257 g/mol. The minimum Gasteiger partial charge on any atom is -0.316 e. The van der Waals surface area contributed by atoms with Crippen LogP contribution in [0.25, 0.3) is 0 Å². The zero-order valence-electron chi connectivity index (χ0n) is 13.8. The first kappa shape index (κ1) is 17.2. The SMILES string of the molecule is CC1CCN(P(=O)(OCC(C)(C)C)C(C)(C)C)CC1. The molecular formula is C15H32NO2P. The van der Waals surface area contributed by atoms with Gasteiger partial charge in [0.05, 0.1) is 11.8 Å². The molecule has 0 aromatic carbocycles. The molecule has 1 aliphatic rings. The van der Waals surface area contributed by atoms with E-state index < -0.39 is 7.52 Å². The molecule has 1 rings (SSSR count). The Morgan fingerprint density at radius 3 is 1.95 bits per heavy atom. The van der Waals surface area contributed by atoms with E-state index >= 15 is 0 Å². The van der Waals surface area contributed by atoms with Crippen molar-refractivity contribution in [2.45, 2.75) is 66.5 Å². The Hall–Kier alpha value is 0.150. The summed E-state index contributed by atoms with van der Waals surface area (Å²) in [5, 5.41) is -0.321. The molecule has 0 amide bonds. The Balaban J connectivity index is 2.85. The van der Waals surface area contributed by atoms with Crippen LogP contribution in [0.2, 0.25) is 0 Å². The van der Waals surface area contributed by atoms with E-state index in [9.17, 15) is 4.57 Å². The van der Waals surface area contributed by atoms with Gasteiger partial charge in [0, 0.05) is 13.1 Å². The van der Waals surface area contributed by atoms with Gasteiger partial charge in [0.2, 0.25) is 0 Å². The zero-order valence-corrected chi connectivity index (χ0v) is 14.7. The number of rotatable bonds is 3. The highest BCUT2D eigenvalue weighted by atomic mass is 31.2. The van der Waals surface area contributed by atoms with Gasteiger partial charge < -0.3 is 4.52 Å². The molecule has 0 spiro atoms. The Kier molecular flexibility index (Phi) is 5.32. The monoisotopic (exact) mass is 289 g/mol. The van der Waals surface area contributed by atoms with Crippen LogP contribution in [0.5, 0.6) is 0 Å². The molecule has 1 unspecified atom stereocenters. The van der Waals surface area contributed by atoms with Gasteiger partial charge in [-0.2, -0.15) is 0 Å². The Labute approximate surface area is 119 Å². The summed E-state index contributed by atoms with van der Waals surface area (Å²) in [6.45, 7) is 17.1. The molecule has 1 saturated heterocycles. The van der Waals surface area contributed by atoms with Crippen molar-refractivity contribution in [3.63, 3.8) is 0 Å². The van der Waals surface area contributed by atoms with Gasteiger partial charge in [0.15, 0.2) is 0 Å². The summed E-state index contributed by atoms with van der Waals surface area (Å²) < 4.78 is 21.6. The largest absolute Gasteiger partial charge is 0.316 e. The lowest BCUT2D eigenvalue weighted by atomic mass is 9.99. The molecule has 0 radical (unpaired) electrons. The number of hydrogen-bond donors (Lipinski definition) is 0. The predicted octanol–water partition coefficient (Wildman–Crippen LogP) is 4.77. The van der Waals surface area contributed by atoms with Gasteiger partial charge in [-0.15, -0.1) is 0 Å². The second-order valence-corrected chi connectivity index (χ2v) is 11.4. The van der Waals surface area contributed by atoms with Gasteiger partial charge >= 0.3 is 0 Å². The predicted molar refractivity (Wildman–Crippen MR) is 82.7 cm³/mol. The molecule has 0 saturated carbocycles. The fourth-order valence-electron chi connectivity index (χ4n) is 2.24. The van der Waals surface area contributed by atoms with E-state index in [1.807, 2.05) is 20.8 Å². The summed E-state index contributed by atoms with van der Waals surface area (Å²) in [7, 11) is -2.77. The normalized spacial score (nSPS) is 23.3. The summed E-state index contributed by atoms with van der Waals surface area (Å²) in [5.74, 6) is 0.743. The second kappa shape index (κ2) is 5.87. The zero-order chi connectivity index (χ0) is 14.9. The van der Waals surface area contributed by atoms with E-state index in [0.717, 1.165) is 31.8 Å². The van der Waals surface area contributed by atoms with Crippen molar-refractivity contribution in [2.75, 3.05) is 19.7 Å². The molecule has 0 N–H and O–H groups in total. The lowest BCUT2D eigenvalue weighted by Gasteiger charge is -2.43. The fraction of sp³-hybridized carbons (Fsp3) is 1.00. The van der Waals surface area contributed by atoms with E-state index in [1.54, 1.807) is 0 Å². The van der Waals surface area contributed by atoms with Crippen LogP contribution >= 0.6 is 7.52 Å². The van der Waals surface area contributed by atoms with Crippen molar-refractivity contribution in [3.8, 4) is 0 Å². The minimum absolute atomic E-state index is 0.0456. The highest BCUT2D eigenvalue weighted by Gasteiger charge is 2.45. The van der Waals surface area contributed by atoms with Crippen LogP contribution in [0.15, 0.2) is 0 Å². The molecule has 0 aromatic heterocycles. The molecule has 3 nitrogen and oxygen atoms in total. The molecule has 0 bridgehead atoms. The van der Waals surface area contributed by atoms with E-state index in [1.165, 1.54) is 0 Å². The van der Waals surface area contributed by atoms with Crippen LogP contribution < -0.4 is 0 Å². The third-order valence-electron chi connectivity index (χ3n) is 3.65. The highest BCUT2D eigenvalue weighted by molar-refractivity contribution is 7.58. The van der Waals surface area contributed by atoms with Crippen LogP contribution in [0.1, 0.15) is 61.3 Å². The van der Waals surface area contributed by atoms with Crippen LogP contribution in [-0.2, 0) is 9.09 Å². The lowest BCUT2D eigenvalue weighted by Crippen LogP contribution is -2.38. The maximum absolute atomic E-state index is 13.4. The van der Waals surface area contributed by atoms with E-state index in [-0.39, 0.29) is 10.6 Å². The van der Waals surface area contributed by atoms with Crippen LogP contribution in [-0.4, -0.2) is 29.5 Å². The van der Waals surface area contributed by atoms with Crippen LogP contribution in [0.3, 0.4) is 0 Å². The summed E-state index contributed by atoms with van der Waals surface area (Å²) in [5.41, 5.74) is 0.0456. The van der Waals surface area contributed by atoms with E-state index in [0.29, 0.717) is 6.61 Å². The van der Waals surface area contributed by atoms with Crippen molar-refractivity contribution in [1.82, 2.24) is 4.67 Å². The maximum Gasteiger partial charge on any atom is 0.277 e. The van der Waals surface area contributed by atoms with Crippen molar-refractivity contribution in [3.05, 3.63) is 0 Å². The first-order chi connectivity index (χ1) is 8.46. The summed E-state index contributed by atoms with van der Waals surface area (Å²) in [6.07, 6.45) is 2.25. The van der Waals surface area contributed by atoms with Crippen molar-refractivity contribution in [2.24, 2.45) is 11.3 Å². The molecule has 0 aromatic rings. The molecule has 1 atom stereocenters. The van der Waals surface area contributed by atoms with Crippen LogP contribution in [0.4, 0.5) is 0 Å². The average molecular weight is 289 g/mol. The van der Waals surface area contributed by atoms with Crippen molar-refractivity contribution >= 4 is 7.52 Å². The Morgan fingerprint density at radius 2 is 1.58 bits per heavy atom. The maximum atomic E-state index is 13.4. The topological polar surface area (TPSA) is 29.5 Å². The molecule has 1 heterocycles. The molecule has 114 valence electrons. The quantitative estimate of drug-likeness (QED) is 0.701. The van der Waals surface area contributed by atoms with Crippen LogP contribution in [0, 0.1) is 11.3 Å². The number of nitrogens with zero attached hydrogens (tertiary/aromatic N) is 1. The third-order valence-corrected chi connectivity index (χ3v) is 6.97. The summed E-state index contributed by atoms with van der Waals surface area (Å²) in [6, 6.07) is 0. The fourth-order valence-corrected chi connectivity index (χ4v) is 4.96. The Morgan fingerprint density at radius 1 is 1.11 bits per heavy atom. The molecule has 1 aliphatic heterocycles. The highest BCUT2D eigenvalue weighted by Crippen LogP contribution is 2.62. The van der Waals surface area contributed by atoms with Crippen molar-refractivity contribution < 1.29 is 9.09 Å². The molecule has 19 heavy (non-hydrogen) atoms. The first-order valence-electron chi connectivity index (χ1n) is 7.46. The molecule has 1 fully saturated rings. The second-order valence-electron chi connectivity index (χ2n) is 8.16.